The average Bonchev–Trinajstić information content (AvgIpc) is 2.49. The van der Waals surface area contributed by atoms with Gasteiger partial charge in [-0.3, -0.25) is 9.59 Å². The Morgan fingerprint density at radius 2 is 2.14 bits per heavy atom. The van der Waals surface area contributed by atoms with Crippen LogP contribution in [0.25, 0.3) is 11.0 Å². The molecule has 0 aliphatic heterocycles. The van der Waals surface area contributed by atoms with Gasteiger partial charge < -0.3 is 9.88 Å². The second kappa shape index (κ2) is 6.76. The lowest BCUT2D eigenvalue weighted by Crippen LogP contribution is -2.33. The summed E-state index contributed by atoms with van der Waals surface area (Å²) in [7, 11) is 1.72. The van der Waals surface area contributed by atoms with Gasteiger partial charge in [0.15, 0.2) is 5.03 Å². The minimum Gasteiger partial charge on any atom is -0.353 e. The van der Waals surface area contributed by atoms with Crippen LogP contribution in [0.1, 0.15) is 20.3 Å². The molecule has 0 fully saturated rings. The molecule has 0 aliphatic rings. The van der Waals surface area contributed by atoms with Crippen molar-refractivity contribution in [3.63, 3.8) is 0 Å². The quantitative estimate of drug-likeness (QED) is 0.858. The number of amides is 1. The molecule has 1 aromatic heterocycles. The van der Waals surface area contributed by atoms with Crippen molar-refractivity contribution in [1.82, 2.24) is 14.9 Å². The van der Waals surface area contributed by atoms with E-state index in [2.05, 4.69) is 10.3 Å². The Morgan fingerprint density at radius 3 is 2.86 bits per heavy atom. The summed E-state index contributed by atoms with van der Waals surface area (Å²) in [5.41, 5.74) is 1.37. The summed E-state index contributed by atoms with van der Waals surface area (Å²) < 4.78 is 1.57. The molecule has 0 bridgehead atoms. The maximum Gasteiger partial charge on any atom is 0.283 e. The summed E-state index contributed by atoms with van der Waals surface area (Å²) in [4.78, 5) is 28.4. The Kier molecular flexibility index (Phi) is 5.01. The van der Waals surface area contributed by atoms with E-state index < -0.39 is 0 Å². The van der Waals surface area contributed by atoms with Gasteiger partial charge >= 0.3 is 0 Å². The largest absolute Gasteiger partial charge is 0.353 e. The van der Waals surface area contributed by atoms with Gasteiger partial charge in [0.2, 0.25) is 5.91 Å². The van der Waals surface area contributed by atoms with E-state index >= 15 is 0 Å². The lowest BCUT2D eigenvalue weighted by atomic mass is 10.3. The van der Waals surface area contributed by atoms with Crippen LogP contribution in [0, 0.1) is 0 Å². The highest BCUT2D eigenvalue weighted by Gasteiger charge is 2.12. The van der Waals surface area contributed by atoms with Gasteiger partial charge in [0.05, 0.1) is 16.8 Å². The lowest BCUT2D eigenvalue weighted by Gasteiger charge is -2.11. The van der Waals surface area contributed by atoms with Crippen molar-refractivity contribution in [2.75, 3.05) is 5.75 Å². The van der Waals surface area contributed by atoms with Gasteiger partial charge in [-0.1, -0.05) is 30.8 Å². The summed E-state index contributed by atoms with van der Waals surface area (Å²) in [6, 6.07) is 7.61. The van der Waals surface area contributed by atoms with Crippen molar-refractivity contribution >= 4 is 28.7 Å². The molecule has 0 radical (unpaired) electrons. The van der Waals surface area contributed by atoms with E-state index in [1.165, 1.54) is 11.8 Å². The zero-order valence-electron chi connectivity index (χ0n) is 12.4. The summed E-state index contributed by atoms with van der Waals surface area (Å²) in [6.07, 6.45) is 0.881. The zero-order valence-corrected chi connectivity index (χ0v) is 13.2. The molecule has 112 valence electrons. The monoisotopic (exact) mass is 305 g/mol. The molecular weight excluding hydrogens is 286 g/mol. The van der Waals surface area contributed by atoms with Crippen LogP contribution in [-0.4, -0.2) is 27.3 Å². The highest BCUT2D eigenvalue weighted by atomic mass is 32.2. The van der Waals surface area contributed by atoms with Crippen LogP contribution in [0.2, 0.25) is 0 Å². The number of nitrogens with zero attached hydrogens (tertiary/aromatic N) is 2. The van der Waals surface area contributed by atoms with Crippen molar-refractivity contribution in [1.29, 1.82) is 0 Å². The average molecular weight is 305 g/mol. The van der Waals surface area contributed by atoms with E-state index in [-0.39, 0.29) is 23.3 Å². The molecule has 2 aromatic rings. The molecule has 6 heteroatoms. The van der Waals surface area contributed by atoms with Crippen molar-refractivity contribution in [2.24, 2.45) is 7.05 Å². The number of aryl methyl sites for hydroxylation is 1. The van der Waals surface area contributed by atoms with Crippen molar-refractivity contribution < 1.29 is 4.79 Å². The number of carbonyl (C=O) groups is 1. The van der Waals surface area contributed by atoms with E-state index in [1.807, 2.05) is 38.1 Å². The fourth-order valence-corrected chi connectivity index (χ4v) is 2.67. The number of hydrogen-bond acceptors (Lipinski definition) is 4. The van der Waals surface area contributed by atoms with E-state index in [0.717, 1.165) is 17.5 Å². The topological polar surface area (TPSA) is 64.0 Å². The first-order chi connectivity index (χ1) is 10.0. The lowest BCUT2D eigenvalue weighted by molar-refractivity contribution is -0.119. The second-order valence-electron chi connectivity index (χ2n) is 4.94. The van der Waals surface area contributed by atoms with Crippen LogP contribution in [-0.2, 0) is 11.8 Å². The molecule has 1 N–H and O–H groups in total. The SMILES string of the molecule is CCC(C)NC(=O)CSc1nc2ccccc2n(C)c1=O. The Hall–Kier alpha value is -1.82. The van der Waals surface area contributed by atoms with Gasteiger partial charge in [0.25, 0.3) is 5.56 Å². The molecule has 0 spiro atoms. The Morgan fingerprint density at radius 1 is 1.43 bits per heavy atom. The first kappa shape index (κ1) is 15.6. The van der Waals surface area contributed by atoms with E-state index in [1.54, 1.807) is 11.6 Å². The third-order valence-corrected chi connectivity index (χ3v) is 4.26. The van der Waals surface area contributed by atoms with Gasteiger partial charge in [-0.05, 0) is 25.5 Å². The van der Waals surface area contributed by atoms with E-state index in [0.29, 0.717) is 5.03 Å². The number of hydrogen-bond donors (Lipinski definition) is 1. The maximum absolute atomic E-state index is 12.2. The Labute approximate surface area is 127 Å². The Balaban J connectivity index is 2.18. The van der Waals surface area contributed by atoms with E-state index in [4.69, 9.17) is 0 Å². The standard InChI is InChI=1S/C15H19N3O2S/c1-4-10(2)16-13(19)9-21-14-15(20)18(3)12-8-6-5-7-11(12)17-14/h5-8,10H,4,9H2,1-3H3,(H,16,19). The van der Waals surface area contributed by atoms with Gasteiger partial charge in [-0.25, -0.2) is 4.98 Å². The predicted molar refractivity (Wildman–Crippen MR) is 85.6 cm³/mol. The molecule has 5 nitrogen and oxygen atoms in total. The first-order valence-electron chi connectivity index (χ1n) is 6.90. The Bertz CT molecular complexity index is 712. The molecule has 21 heavy (non-hydrogen) atoms. The molecule has 1 atom stereocenters. The van der Waals surface area contributed by atoms with Gasteiger partial charge in [-0.2, -0.15) is 0 Å². The fraction of sp³-hybridized carbons (Fsp3) is 0.400. The second-order valence-corrected chi connectivity index (χ2v) is 5.90. The smallest absolute Gasteiger partial charge is 0.283 e. The highest BCUT2D eigenvalue weighted by Crippen LogP contribution is 2.15. The van der Waals surface area contributed by atoms with Crippen LogP contribution in [0.3, 0.4) is 0 Å². The number of para-hydroxylation sites is 2. The maximum atomic E-state index is 12.2. The van der Waals surface area contributed by atoms with Crippen LogP contribution in [0.15, 0.2) is 34.1 Å². The number of benzene rings is 1. The minimum absolute atomic E-state index is 0.0774. The normalized spacial score (nSPS) is 12.3. The van der Waals surface area contributed by atoms with Crippen LogP contribution < -0.4 is 10.9 Å². The summed E-state index contributed by atoms with van der Waals surface area (Å²) in [5.74, 6) is 0.122. The van der Waals surface area contributed by atoms with Crippen LogP contribution in [0.4, 0.5) is 0 Å². The predicted octanol–water partition coefficient (Wildman–Crippen LogP) is 1.94. The summed E-state index contributed by atoms with van der Waals surface area (Å²) in [5, 5.41) is 3.23. The van der Waals surface area contributed by atoms with Crippen molar-refractivity contribution in [3.8, 4) is 0 Å². The number of nitrogens with one attached hydrogen (secondary N) is 1. The highest BCUT2D eigenvalue weighted by molar-refractivity contribution is 7.99. The molecule has 0 aliphatic carbocycles. The molecule has 2 rings (SSSR count). The first-order valence-corrected chi connectivity index (χ1v) is 7.89. The molecule has 1 heterocycles. The van der Waals surface area contributed by atoms with Gasteiger partial charge in [0, 0.05) is 13.1 Å². The molecule has 1 amide bonds. The van der Waals surface area contributed by atoms with Crippen molar-refractivity contribution in [3.05, 3.63) is 34.6 Å². The number of carbonyl (C=O) groups excluding carboxylic acids is 1. The number of rotatable bonds is 5. The summed E-state index contributed by atoms with van der Waals surface area (Å²) >= 11 is 1.18. The van der Waals surface area contributed by atoms with Gasteiger partial charge in [-0.15, -0.1) is 0 Å². The zero-order chi connectivity index (χ0) is 15.4. The van der Waals surface area contributed by atoms with E-state index in [9.17, 15) is 9.59 Å². The molecule has 0 saturated heterocycles. The van der Waals surface area contributed by atoms with Crippen molar-refractivity contribution in [2.45, 2.75) is 31.3 Å². The van der Waals surface area contributed by atoms with Gasteiger partial charge in [0.1, 0.15) is 0 Å². The molecule has 1 unspecified atom stereocenters. The number of thioether (sulfide) groups is 1. The third-order valence-electron chi connectivity index (χ3n) is 3.31. The summed E-state index contributed by atoms with van der Waals surface area (Å²) in [6.45, 7) is 3.97. The van der Waals surface area contributed by atoms with Crippen LogP contribution >= 0.6 is 11.8 Å². The minimum atomic E-state index is -0.171. The number of fused-ring (bicyclic) bond motifs is 1. The fourth-order valence-electron chi connectivity index (χ4n) is 1.90. The molecule has 1 aromatic carbocycles. The van der Waals surface area contributed by atoms with Crippen LogP contribution in [0.5, 0.6) is 0 Å². The third kappa shape index (κ3) is 3.64. The number of aromatic nitrogens is 2. The molecule has 0 saturated carbocycles. The molecular formula is C15H19N3O2S.